The molecular weight excluding hydrogens is 392 g/mol. The average molecular weight is 406 g/mol. The van der Waals surface area contributed by atoms with Crippen LogP contribution in [0.15, 0.2) is 33.7 Å². The van der Waals surface area contributed by atoms with Crippen LogP contribution < -0.4 is 10.6 Å². The minimum Gasteiger partial charge on any atom is -0.478 e. The van der Waals surface area contributed by atoms with Crippen LogP contribution in [0.25, 0.3) is 0 Å². The Bertz CT molecular complexity index is 547. The maximum absolute atomic E-state index is 11.8. The molecule has 5 nitrogen and oxygen atoms in total. The number of nitrogens with one attached hydrogen (secondary N) is 2. The molecule has 0 aliphatic heterocycles. The van der Waals surface area contributed by atoms with E-state index in [4.69, 9.17) is 5.11 Å². The van der Waals surface area contributed by atoms with Crippen molar-refractivity contribution < 1.29 is 14.7 Å². The van der Waals surface area contributed by atoms with Crippen LogP contribution in [0.2, 0.25) is 0 Å². The summed E-state index contributed by atoms with van der Waals surface area (Å²) in [5.41, 5.74) is 0.210. The number of aromatic carboxylic acids is 1. The molecule has 1 unspecified atom stereocenters. The number of carbonyl (C=O) groups excluding carboxylic acids is 1. The highest BCUT2D eigenvalue weighted by Crippen LogP contribution is 2.30. The second kappa shape index (κ2) is 7.44. The molecule has 1 aromatic carbocycles. The molecule has 0 fully saturated rings. The molecule has 0 aliphatic carbocycles. The Morgan fingerprint density at radius 2 is 2.10 bits per heavy atom. The standard InChI is InChI=1S/C13H14Br2N2O3/c1-3-4-7(2)16-13(20)17-11-9(12(18)19)5-8(14)6-10(11)15/h3,5-7H,1,4H2,2H3,(H,18,19)(H2,16,17,20). The Balaban J connectivity index is 2.94. The molecule has 0 saturated carbocycles. The van der Waals surface area contributed by atoms with Crippen LogP contribution in [0.3, 0.4) is 0 Å². The van der Waals surface area contributed by atoms with E-state index in [1.165, 1.54) is 6.07 Å². The lowest BCUT2D eigenvalue weighted by atomic mass is 10.2. The van der Waals surface area contributed by atoms with Crippen molar-refractivity contribution in [1.29, 1.82) is 0 Å². The van der Waals surface area contributed by atoms with Crippen LogP contribution in [0.5, 0.6) is 0 Å². The van der Waals surface area contributed by atoms with E-state index in [1.807, 2.05) is 6.92 Å². The van der Waals surface area contributed by atoms with E-state index in [1.54, 1.807) is 12.1 Å². The molecule has 0 bridgehead atoms. The molecule has 108 valence electrons. The third kappa shape index (κ3) is 4.64. The van der Waals surface area contributed by atoms with Crippen LogP contribution in [0, 0.1) is 0 Å². The molecule has 0 heterocycles. The fraction of sp³-hybridized carbons (Fsp3) is 0.231. The third-order valence-electron chi connectivity index (χ3n) is 2.42. The molecule has 1 aromatic rings. The summed E-state index contributed by atoms with van der Waals surface area (Å²) in [6.07, 6.45) is 2.32. The zero-order valence-corrected chi connectivity index (χ0v) is 13.9. The second-order valence-electron chi connectivity index (χ2n) is 4.14. The Kier molecular flexibility index (Phi) is 6.22. The van der Waals surface area contributed by atoms with Gasteiger partial charge in [0, 0.05) is 15.0 Å². The highest BCUT2D eigenvalue weighted by atomic mass is 79.9. The van der Waals surface area contributed by atoms with Gasteiger partial charge < -0.3 is 15.7 Å². The number of hydrogen-bond donors (Lipinski definition) is 3. The molecule has 0 saturated heterocycles. The fourth-order valence-electron chi connectivity index (χ4n) is 1.55. The first-order valence-electron chi connectivity index (χ1n) is 5.76. The van der Waals surface area contributed by atoms with Gasteiger partial charge in [-0.05, 0) is 41.4 Å². The summed E-state index contributed by atoms with van der Waals surface area (Å²) in [4.78, 5) is 23.0. The van der Waals surface area contributed by atoms with Crippen LogP contribution in [0.4, 0.5) is 10.5 Å². The van der Waals surface area contributed by atoms with E-state index in [0.717, 1.165) is 0 Å². The van der Waals surface area contributed by atoms with Gasteiger partial charge in [-0.1, -0.05) is 22.0 Å². The Hall–Kier alpha value is -1.34. The number of carbonyl (C=O) groups is 2. The van der Waals surface area contributed by atoms with Gasteiger partial charge in [0.2, 0.25) is 0 Å². The fourth-order valence-corrected chi connectivity index (χ4v) is 2.88. The monoisotopic (exact) mass is 404 g/mol. The van der Waals surface area contributed by atoms with Crippen molar-refractivity contribution in [1.82, 2.24) is 5.32 Å². The van der Waals surface area contributed by atoms with Gasteiger partial charge in [0.15, 0.2) is 0 Å². The number of rotatable bonds is 5. The number of carboxylic acid groups (broad SMARTS) is 1. The van der Waals surface area contributed by atoms with Crippen LogP contribution in [0.1, 0.15) is 23.7 Å². The smallest absolute Gasteiger partial charge is 0.337 e. The molecular formula is C13H14Br2N2O3. The number of anilines is 1. The summed E-state index contributed by atoms with van der Waals surface area (Å²) in [7, 11) is 0. The van der Waals surface area contributed by atoms with Crippen molar-refractivity contribution in [3.63, 3.8) is 0 Å². The first kappa shape index (κ1) is 16.7. The summed E-state index contributed by atoms with van der Waals surface area (Å²) in [5, 5.41) is 14.4. The lowest BCUT2D eigenvalue weighted by Gasteiger charge is -2.15. The number of urea groups is 1. The molecule has 3 N–H and O–H groups in total. The zero-order valence-electron chi connectivity index (χ0n) is 10.7. The highest BCUT2D eigenvalue weighted by molar-refractivity contribution is 9.11. The van der Waals surface area contributed by atoms with Gasteiger partial charge >= 0.3 is 12.0 Å². The molecule has 1 atom stereocenters. The Morgan fingerprint density at radius 1 is 1.45 bits per heavy atom. The van der Waals surface area contributed by atoms with Gasteiger partial charge in [0.05, 0.1) is 11.3 Å². The Labute approximate surface area is 133 Å². The quantitative estimate of drug-likeness (QED) is 0.648. The Morgan fingerprint density at radius 3 is 2.65 bits per heavy atom. The minimum atomic E-state index is -1.12. The first-order valence-corrected chi connectivity index (χ1v) is 7.34. The average Bonchev–Trinajstić information content (AvgIpc) is 2.32. The lowest BCUT2D eigenvalue weighted by Crippen LogP contribution is -2.36. The van der Waals surface area contributed by atoms with E-state index >= 15 is 0 Å². The summed E-state index contributed by atoms with van der Waals surface area (Å²) in [6, 6.07) is 2.53. The minimum absolute atomic E-state index is 0.00206. The number of amides is 2. The van der Waals surface area contributed by atoms with Gasteiger partial charge in [-0.25, -0.2) is 9.59 Å². The molecule has 1 rings (SSSR count). The largest absolute Gasteiger partial charge is 0.478 e. The van der Waals surface area contributed by atoms with Crippen LogP contribution in [-0.4, -0.2) is 23.1 Å². The van der Waals surface area contributed by atoms with Crippen molar-refractivity contribution in [2.75, 3.05) is 5.32 Å². The lowest BCUT2D eigenvalue weighted by molar-refractivity contribution is 0.0698. The van der Waals surface area contributed by atoms with E-state index in [-0.39, 0.29) is 17.3 Å². The predicted molar refractivity (Wildman–Crippen MR) is 85.2 cm³/mol. The number of hydrogen-bond acceptors (Lipinski definition) is 2. The summed E-state index contributed by atoms with van der Waals surface area (Å²) in [6.45, 7) is 5.42. The first-order chi connectivity index (χ1) is 9.35. The van der Waals surface area contributed by atoms with Crippen molar-refractivity contribution in [3.05, 3.63) is 39.3 Å². The van der Waals surface area contributed by atoms with E-state index in [9.17, 15) is 9.59 Å². The van der Waals surface area contributed by atoms with Crippen molar-refractivity contribution in [2.45, 2.75) is 19.4 Å². The maximum atomic E-state index is 11.8. The van der Waals surface area contributed by atoms with Gasteiger partial charge in [0.25, 0.3) is 0 Å². The number of carboxylic acids is 1. The molecule has 0 spiro atoms. The van der Waals surface area contributed by atoms with Gasteiger partial charge in [-0.15, -0.1) is 6.58 Å². The topological polar surface area (TPSA) is 78.4 Å². The third-order valence-corrected chi connectivity index (χ3v) is 3.50. The van der Waals surface area contributed by atoms with Gasteiger partial charge in [-0.2, -0.15) is 0 Å². The van der Waals surface area contributed by atoms with Crippen molar-refractivity contribution in [2.24, 2.45) is 0 Å². The van der Waals surface area contributed by atoms with E-state index in [0.29, 0.717) is 15.4 Å². The number of benzene rings is 1. The maximum Gasteiger partial charge on any atom is 0.337 e. The number of halogens is 2. The molecule has 0 radical (unpaired) electrons. The summed E-state index contributed by atoms with van der Waals surface area (Å²) in [5.74, 6) is -1.12. The summed E-state index contributed by atoms with van der Waals surface area (Å²) >= 11 is 6.45. The van der Waals surface area contributed by atoms with E-state index in [2.05, 4.69) is 49.1 Å². The summed E-state index contributed by atoms with van der Waals surface area (Å²) < 4.78 is 1.09. The SMILES string of the molecule is C=CCC(C)NC(=O)Nc1c(Br)cc(Br)cc1C(=O)O. The van der Waals surface area contributed by atoms with Crippen molar-refractivity contribution >= 4 is 49.5 Å². The predicted octanol–water partition coefficient (Wildman–Crippen LogP) is 4.00. The second-order valence-corrected chi connectivity index (χ2v) is 5.91. The molecule has 20 heavy (non-hydrogen) atoms. The molecule has 0 aromatic heterocycles. The van der Waals surface area contributed by atoms with Gasteiger partial charge in [0.1, 0.15) is 0 Å². The van der Waals surface area contributed by atoms with Crippen LogP contribution >= 0.6 is 31.9 Å². The molecule has 0 aliphatic rings. The molecule has 2 amide bonds. The normalized spacial score (nSPS) is 11.6. The van der Waals surface area contributed by atoms with Crippen molar-refractivity contribution in [3.8, 4) is 0 Å². The van der Waals surface area contributed by atoms with Gasteiger partial charge in [-0.3, -0.25) is 0 Å². The van der Waals surface area contributed by atoms with E-state index < -0.39 is 12.0 Å². The van der Waals surface area contributed by atoms with Crippen LogP contribution in [-0.2, 0) is 0 Å². The molecule has 7 heteroatoms. The highest BCUT2D eigenvalue weighted by Gasteiger charge is 2.17. The zero-order chi connectivity index (χ0) is 15.3.